The summed E-state index contributed by atoms with van der Waals surface area (Å²) in [5.74, 6) is -8.39. The number of rotatable bonds is 8. The van der Waals surface area contributed by atoms with Crippen LogP contribution >= 0.6 is 0 Å². The summed E-state index contributed by atoms with van der Waals surface area (Å²) in [4.78, 5) is 22.4. The molecule has 0 aromatic heterocycles. The van der Waals surface area contributed by atoms with E-state index >= 15 is 0 Å². The average Bonchev–Trinajstić information content (AvgIpc) is 2.32. The minimum absolute atomic E-state index is 0. The van der Waals surface area contributed by atoms with Gasteiger partial charge in [0.1, 0.15) is 0 Å². The van der Waals surface area contributed by atoms with Gasteiger partial charge in [-0.1, -0.05) is 13.5 Å². The molecule has 0 aromatic carbocycles. The van der Waals surface area contributed by atoms with Gasteiger partial charge in [0.25, 0.3) is 0 Å². The number of carbonyl (C=O) groups excluding carboxylic acids is 2. The van der Waals surface area contributed by atoms with E-state index < -0.39 is 52.0 Å². The molecule has 1 atom stereocenters. The molecule has 6 nitrogen and oxygen atoms in total. The Labute approximate surface area is 152 Å². The summed E-state index contributed by atoms with van der Waals surface area (Å²) in [6.45, 7) is 5.33. The fraction of sp³-hybridized carbons (Fsp3) is 0.636. The molecule has 0 saturated heterocycles. The maximum Gasteiger partial charge on any atom is 1.00 e. The molecule has 23 heavy (non-hydrogen) atoms. The molecule has 0 aliphatic heterocycles. The van der Waals surface area contributed by atoms with E-state index in [1.807, 2.05) is 0 Å². The Balaban J connectivity index is 0. The number of alkyl halides is 4. The monoisotopic (exact) mass is 372 g/mol. The Kier molecular flexibility index (Phi) is 9.22. The Morgan fingerprint density at radius 2 is 1.70 bits per heavy atom. The van der Waals surface area contributed by atoms with Crippen LogP contribution in [-0.2, 0) is 24.4 Å². The minimum atomic E-state index is -6.29. The number of ketones is 1. The molecule has 0 amide bonds. The van der Waals surface area contributed by atoms with Crippen LogP contribution in [0, 0.1) is 0 Å². The Bertz CT molecular complexity index is 575. The van der Waals surface area contributed by atoms with Crippen LogP contribution in [0.3, 0.4) is 0 Å². The van der Waals surface area contributed by atoms with Crippen LogP contribution < -0.4 is 29.6 Å². The fourth-order valence-corrected chi connectivity index (χ4v) is 1.52. The van der Waals surface area contributed by atoms with E-state index in [-0.39, 0.29) is 35.1 Å². The second kappa shape index (κ2) is 8.56. The third-order valence-corrected chi connectivity index (χ3v) is 3.35. The number of halogens is 4. The number of ether oxygens (including phenoxy) is 1. The first-order valence-electron chi connectivity index (χ1n) is 5.77. The first-order chi connectivity index (χ1) is 9.66. The zero-order chi connectivity index (χ0) is 17.9. The molecule has 0 fully saturated rings. The number of hydrogen-bond acceptors (Lipinski definition) is 6. The van der Waals surface area contributed by atoms with E-state index in [4.69, 9.17) is 0 Å². The molecule has 1 unspecified atom stereocenters. The summed E-state index contributed by atoms with van der Waals surface area (Å²) in [7, 11) is -6.29. The van der Waals surface area contributed by atoms with Crippen molar-refractivity contribution >= 4 is 21.9 Å². The molecule has 0 radical (unpaired) electrons. The van der Waals surface area contributed by atoms with Gasteiger partial charge in [0.2, 0.25) is 5.78 Å². The molecule has 0 N–H and O–H groups in total. The Morgan fingerprint density at radius 3 is 2.00 bits per heavy atom. The van der Waals surface area contributed by atoms with Crippen molar-refractivity contribution in [2.45, 2.75) is 44.0 Å². The van der Waals surface area contributed by atoms with Crippen LogP contribution in [0.15, 0.2) is 12.2 Å². The molecule has 0 aliphatic rings. The van der Waals surface area contributed by atoms with Crippen molar-refractivity contribution in [3.05, 3.63) is 12.2 Å². The molecule has 0 aliphatic carbocycles. The zero-order valence-corrected chi connectivity index (χ0v) is 15.4. The molecular weight excluding hydrogens is 359 g/mol. The van der Waals surface area contributed by atoms with Gasteiger partial charge in [-0.25, -0.2) is 13.2 Å². The molecule has 0 saturated carbocycles. The molecular formula is C11H13F4NaO6S. The quantitative estimate of drug-likeness (QED) is 0.171. The molecule has 0 bridgehead atoms. The van der Waals surface area contributed by atoms with Gasteiger partial charge in [0, 0.05) is 5.57 Å². The standard InChI is InChI=1S/C11H14F4O6S.Na/c1-4-8(21-9(17)6(2)3)11(14,15)7(16)5-10(12,13)22(18,19)20;/h8H,2,4-5H2,1,3H3,(H,18,19,20);/q;+1/p-1. The van der Waals surface area contributed by atoms with Crippen LogP contribution in [0.1, 0.15) is 26.7 Å². The third-order valence-electron chi connectivity index (χ3n) is 2.48. The van der Waals surface area contributed by atoms with Gasteiger partial charge < -0.3 is 9.29 Å². The van der Waals surface area contributed by atoms with Crippen molar-refractivity contribution in [3.8, 4) is 0 Å². The average molecular weight is 372 g/mol. The summed E-state index contributed by atoms with van der Waals surface area (Å²) in [5.41, 5.74) is -0.269. The van der Waals surface area contributed by atoms with Gasteiger partial charge in [-0.2, -0.15) is 17.6 Å². The van der Waals surface area contributed by atoms with Gasteiger partial charge in [0.15, 0.2) is 16.2 Å². The minimum Gasteiger partial charge on any atom is -0.743 e. The van der Waals surface area contributed by atoms with Crippen LogP contribution in [0.4, 0.5) is 17.6 Å². The smallest absolute Gasteiger partial charge is 0.743 e. The second-order valence-electron chi connectivity index (χ2n) is 4.40. The van der Waals surface area contributed by atoms with Gasteiger partial charge >= 0.3 is 46.7 Å². The summed E-state index contributed by atoms with van der Waals surface area (Å²) in [6.07, 6.45) is -5.53. The molecule has 0 spiro atoms. The maximum absolute atomic E-state index is 13.7. The number of Topliss-reactive ketones (excluding diaryl/α,β-unsaturated/α-hetero) is 1. The van der Waals surface area contributed by atoms with Crippen LogP contribution in [0.25, 0.3) is 0 Å². The van der Waals surface area contributed by atoms with Gasteiger partial charge in [-0.15, -0.1) is 0 Å². The Morgan fingerprint density at radius 1 is 1.26 bits per heavy atom. The third kappa shape index (κ3) is 6.49. The Hall–Kier alpha value is -0.490. The normalized spacial score (nSPS) is 13.7. The molecule has 0 rings (SSSR count). The maximum atomic E-state index is 13.7. The summed E-state index contributed by atoms with van der Waals surface area (Å²) >= 11 is 0. The predicted octanol–water partition coefficient (Wildman–Crippen LogP) is -1.38. The van der Waals surface area contributed by atoms with Gasteiger partial charge in [-0.3, -0.25) is 4.79 Å². The van der Waals surface area contributed by atoms with E-state index in [9.17, 15) is 40.1 Å². The van der Waals surface area contributed by atoms with Crippen molar-refractivity contribution in [1.29, 1.82) is 0 Å². The van der Waals surface area contributed by atoms with E-state index in [1.165, 1.54) is 0 Å². The number of carbonyl (C=O) groups is 2. The van der Waals surface area contributed by atoms with Crippen molar-refractivity contribution in [1.82, 2.24) is 0 Å². The first-order valence-corrected chi connectivity index (χ1v) is 7.18. The second-order valence-corrected chi connectivity index (χ2v) is 5.90. The van der Waals surface area contributed by atoms with E-state index in [2.05, 4.69) is 11.3 Å². The number of esters is 1. The summed E-state index contributed by atoms with van der Waals surface area (Å²) < 4.78 is 88.2. The van der Waals surface area contributed by atoms with E-state index in [1.54, 1.807) is 0 Å². The summed E-state index contributed by atoms with van der Waals surface area (Å²) in [6, 6.07) is 0. The largest absolute Gasteiger partial charge is 1.00 e. The fourth-order valence-electron chi connectivity index (χ4n) is 1.22. The summed E-state index contributed by atoms with van der Waals surface area (Å²) in [5, 5.41) is -5.19. The molecule has 128 valence electrons. The van der Waals surface area contributed by atoms with Crippen molar-refractivity contribution in [2.24, 2.45) is 0 Å². The molecule has 0 aromatic rings. The SMILES string of the molecule is C=C(C)C(=O)OC(CC)C(F)(F)C(=O)CC(F)(F)S(=O)(=O)[O-].[Na+]. The molecule has 12 heteroatoms. The van der Waals surface area contributed by atoms with E-state index in [0.29, 0.717) is 0 Å². The van der Waals surface area contributed by atoms with Crippen LogP contribution in [0.2, 0.25) is 0 Å². The van der Waals surface area contributed by atoms with Crippen LogP contribution in [-0.4, -0.2) is 42.0 Å². The zero-order valence-electron chi connectivity index (χ0n) is 12.6. The van der Waals surface area contributed by atoms with Crippen molar-refractivity contribution < 1.29 is 74.4 Å². The number of hydrogen-bond donors (Lipinski definition) is 0. The van der Waals surface area contributed by atoms with Gasteiger partial charge in [-0.05, 0) is 13.3 Å². The van der Waals surface area contributed by atoms with Gasteiger partial charge in [0.05, 0.1) is 6.42 Å². The molecule has 0 heterocycles. The first kappa shape index (κ1) is 24.8. The van der Waals surface area contributed by atoms with Crippen LogP contribution in [0.5, 0.6) is 0 Å². The van der Waals surface area contributed by atoms with Crippen molar-refractivity contribution in [3.63, 3.8) is 0 Å². The predicted molar refractivity (Wildman–Crippen MR) is 64.2 cm³/mol. The topological polar surface area (TPSA) is 101 Å². The van der Waals surface area contributed by atoms with E-state index in [0.717, 1.165) is 13.8 Å². The van der Waals surface area contributed by atoms with Crippen molar-refractivity contribution in [2.75, 3.05) is 0 Å².